The Morgan fingerprint density at radius 1 is 0.971 bits per heavy atom. The van der Waals surface area contributed by atoms with Gasteiger partial charge in [0.25, 0.3) is 5.91 Å². The van der Waals surface area contributed by atoms with Gasteiger partial charge in [-0.25, -0.2) is 4.79 Å². The molecule has 2 saturated carbocycles. The Morgan fingerprint density at radius 3 is 2.21 bits per heavy atom. The summed E-state index contributed by atoms with van der Waals surface area (Å²) in [6.07, 6.45) is 3.01. The second kappa shape index (κ2) is 9.05. The molecule has 0 unspecified atom stereocenters. The topological polar surface area (TPSA) is 92.8 Å². The summed E-state index contributed by atoms with van der Waals surface area (Å²) in [5.74, 6) is -1.92. The molecular formula is C27H28N2O5. The van der Waals surface area contributed by atoms with Gasteiger partial charge in [-0.3, -0.25) is 19.3 Å². The maximum Gasteiger partial charge on any atom is 0.330 e. The van der Waals surface area contributed by atoms with Crippen molar-refractivity contribution >= 4 is 29.4 Å². The highest BCUT2D eigenvalue weighted by molar-refractivity contribution is 6.08. The van der Waals surface area contributed by atoms with Gasteiger partial charge in [-0.1, -0.05) is 48.0 Å². The van der Waals surface area contributed by atoms with Crippen molar-refractivity contribution in [3.05, 3.63) is 65.7 Å². The number of benzene rings is 2. The van der Waals surface area contributed by atoms with Gasteiger partial charge in [0.05, 0.1) is 11.8 Å². The molecular weight excluding hydrogens is 432 g/mol. The van der Waals surface area contributed by atoms with Gasteiger partial charge in [0, 0.05) is 12.1 Å². The molecule has 2 aromatic carbocycles. The molecule has 7 heteroatoms. The molecule has 2 aromatic rings. The monoisotopic (exact) mass is 460 g/mol. The van der Waals surface area contributed by atoms with E-state index < -0.39 is 24.5 Å². The molecule has 1 saturated heterocycles. The number of anilines is 1. The highest BCUT2D eigenvalue weighted by Crippen LogP contribution is 2.56. The molecule has 1 N–H and O–H groups in total. The molecule has 0 spiro atoms. The molecule has 0 radical (unpaired) electrons. The minimum Gasteiger partial charge on any atom is -0.454 e. The Labute approximate surface area is 198 Å². The first-order valence-corrected chi connectivity index (χ1v) is 11.9. The zero-order valence-electron chi connectivity index (χ0n) is 19.1. The number of nitrogens with zero attached hydrogens (tertiary/aromatic N) is 1. The van der Waals surface area contributed by atoms with Crippen LogP contribution >= 0.6 is 0 Å². The lowest BCUT2D eigenvalue weighted by atomic mass is 9.81. The number of esters is 1. The van der Waals surface area contributed by atoms with Crippen molar-refractivity contribution in [1.82, 2.24) is 4.90 Å². The van der Waals surface area contributed by atoms with Crippen LogP contribution in [0.3, 0.4) is 0 Å². The van der Waals surface area contributed by atoms with Crippen LogP contribution < -0.4 is 5.32 Å². The minimum absolute atomic E-state index is 0.158. The van der Waals surface area contributed by atoms with Gasteiger partial charge in [0.1, 0.15) is 6.04 Å². The van der Waals surface area contributed by atoms with Crippen LogP contribution in [0.2, 0.25) is 0 Å². The molecule has 34 heavy (non-hydrogen) atoms. The Kier molecular flexibility index (Phi) is 5.94. The van der Waals surface area contributed by atoms with E-state index in [4.69, 9.17) is 4.74 Å². The third-order valence-electron chi connectivity index (χ3n) is 7.50. The molecule has 3 amide bonds. The van der Waals surface area contributed by atoms with Crippen molar-refractivity contribution in [2.24, 2.45) is 23.7 Å². The first-order chi connectivity index (χ1) is 16.4. The summed E-state index contributed by atoms with van der Waals surface area (Å²) in [5.41, 5.74) is 2.47. The fraction of sp³-hybridized carbons (Fsp3) is 0.407. The summed E-state index contributed by atoms with van der Waals surface area (Å²) >= 11 is 0. The normalized spacial score (nSPS) is 25.9. The summed E-state index contributed by atoms with van der Waals surface area (Å²) in [7, 11) is 0. The van der Waals surface area contributed by atoms with Crippen LogP contribution in [0.5, 0.6) is 0 Å². The van der Waals surface area contributed by atoms with Crippen molar-refractivity contribution in [2.45, 2.75) is 38.6 Å². The van der Waals surface area contributed by atoms with Gasteiger partial charge in [-0.05, 0) is 55.7 Å². The van der Waals surface area contributed by atoms with E-state index in [-0.39, 0.29) is 41.9 Å². The third kappa shape index (κ3) is 4.11. The Bertz CT molecular complexity index is 1090. The average Bonchev–Trinajstić information content (AvgIpc) is 3.52. The molecule has 5 atom stereocenters. The number of fused-ring (bicyclic) bond motifs is 5. The minimum atomic E-state index is -1.08. The average molecular weight is 461 g/mol. The molecule has 1 aliphatic heterocycles. The summed E-state index contributed by atoms with van der Waals surface area (Å²) in [6.45, 7) is 1.45. The molecule has 0 aromatic heterocycles. The molecule has 5 rings (SSSR count). The lowest BCUT2D eigenvalue weighted by molar-refractivity contribution is -0.160. The number of hydrogen-bond donors (Lipinski definition) is 1. The quantitative estimate of drug-likeness (QED) is 0.506. The fourth-order valence-corrected chi connectivity index (χ4v) is 5.92. The van der Waals surface area contributed by atoms with Crippen LogP contribution in [0.25, 0.3) is 0 Å². The second-order valence-corrected chi connectivity index (χ2v) is 9.66. The first-order valence-electron chi connectivity index (χ1n) is 11.9. The number of aryl methyl sites for hydroxylation is 1. The van der Waals surface area contributed by atoms with Crippen LogP contribution in [-0.4, -0.2) is 41.2 Å². The zero-order chi connectivity index (χ0) is 23.8. The number of rotatable bonds is 7. The van der Waals surface area contributed by atoms with E-state index in [0.717, 1.165) is 35.3 Å². The van der Waals surface area contributed by atoms with Crippen LogP contribution in [0, 0.1) is 30.6 Å². The van der Waals surface area contributed by atoms with Crippen LogP contribution in [0.1, 0.15) is 30.4 Å². The van der Waals surface area contributed by atoms with Crippen LogP contribution in [0.4, 0.5) is 5.69 Å². The van der Waals surface area contributed by atoms with Gasteiger partial charge in [0.2, 0.25) is 11.8 Å². The number of amides is 3. The van der Waals surface area contributed by atoms with Gasteiger partial charge < -0.3 is 10.1 Å². The highest BCUT2D eigenvalue weighted by Gasteiger charge is 2.62. The van der Waals surface area contributed by atoms with Crippen molar-refractivity contribution in [2.75, 3.05) is 11.9 Å². The van der Waals surface area contributed by atoms with Gasteiger partial charge >= 0.3 is 5.97 Å². The molecule has 176 valence electrons. The van der Waals surface area contributed by atoms with Crippen molar-refractivity contribution in [1.29, 1.82) is 0 Å². The Balaban J connectivity index is 1.31. The Morgan fingerprint density at radius 2 is 1.59 bits per heavy atom. The molecule has 2 bridgehead atoms. The van der Waals surface area contributed by atoms with Crippen molar-refractivity contribution in [3.63, 3.8) is 0 Å². The predicted octanol–water partition coefficient (Wildman–Crippen LogP) is 3.12. The van der Waals surface area contributed by atoms with Gasteiger partial charge in [0.15, 0.2) is 6.61 Å². The second-order valence-electron chi connectivity index (χ2n) is 9.66. The fourth-order valence-electron chi connectivity index (χ4n) is 5.92. The smallest absolute Gasteiger partial charge is 0.330 e. The van der Waals surface area contributed by atoms with E-state index in [1.54, 1.807) is 12.1 Å². The zero-order valence-corrected chi connectivity index (χ0v) is 19.1. The summed E-state index contributed by atoms with van der Waals surface area (Å²) in [5, 5.41) is 2.69. The number of carbonyl (C=O) groups is 4. The van der Waals surface area contributed by atoms with E-state index in [0.29, 0.717) is 5.69 Å². The molecule has 7 nitrogen and oxygen atoms in total. The van der Waals surface area contributed by atoms with Crippen LogP contribution in [-0.2, 0) is 30.3 Å². The SMILES string of the molecule is Cc1ccc(NC(=O)COC(=O)[C@H](Cc2ccccc2)N2C(=O)[C@@H]3[C@H]4CC[C@@H](C4)[C@@H]3C2=O)cc1. The van der Waals surface area contributed by atoms with Crippen molar-refractivity contribution < 1.29 is 23.9 Å². The lowest BCUT2D eigenvalue weighted by Crippen LogP contribution is -2.48. The standard InChI is InChI=1S/C27H28N2O5/c1-16-7-11-20(12-8-16)28-22(30)15-34-27(33)21(13-17-5-3-2-4-6-17)29-25(31)23-18-9-10-19(14-18)24(23)26(29)32/h2-8,11-12,18-19,21,23-24H,9-10,13-15H2,1H3,(H,28,30)/t18-,19-,21-,23-,24+/m0/s1. The maximum atomic E-state index is 13.3. The van der Waals surface area contributed by atoms with E-state index >= 15 is 0 Å². The summed E-state index contributed by atoms with van der Waals surface area (Å²) < 4.78 is 5.34. The van der Waals surface area contributed by atoms with E-state index in [2.05, 4.69) is 5.32 Å². The number of nitrogens with one attached hydrogen (secondary N) is 1. The number of ether oxygens (including phenoxy) is 1. The van der Waals surface area contributed by atoms with Crippen LogP contribution in [0.15, 0.2) is 54.6 Å². The number of imide groups is 1. The number of likely N-dealkylation sites (tertiary alicyclic amines) is 1. The lowest BCUT2D eigenvalue weighted by Gasteiger charge is -2.26. The van der Waals surface area contributed by atoms with E-state index in [1.165, 1.54) is 0 Å². The third-order valence-corrected chi connectivity index (χ3v) is 7.50. The van der Waals surface area contributed by atoms with Crippen molar-refractivity contribution in [3.8, 4) is 0 Å². The van der Waals surface area contributed by atoms with E-state index in [1.807, 2.05) is 49.4 Å². The number of hydrogen-bond acceptors (Lipinski definition) is 5. The molecule has 1 heterocycles. The maximum absolute atomic E-state index is 13.3. The van der Waals surface area contributed by atoms with Gasteiger partial charge in [-0.15, -0.1) is 0 Å². The first kappa shape index (κ1) is 22.3. The number of carbonyl (C=O) groups excluding carboxylic acids is 4. The summed E-state index contributed by atoms with van der Waals surface area (Å²) in [4.78, 5) is 53.4. The Hall–Kier alpha value is -3.48. The predicted molar refractivity (Wildman–Crippen MR) is 124 cm³/mol. The molecule has 3 fully saturated rings. The summed E-state index contributed by atoms with van der Waals surface area (Å²) in [6, 6.07) is 15.4. The molecule has 3 aliphatic rings. The van der Waals surface area contributed by atoms with E-state index in [9.17, 15) is 19.2 Å². The largest absolute Gasteiger partial charge is 0.454 e. The molecule has 2 aliphatic carbocycles. The van der Waals surface area contributed by atoms with Gasteiger partial charge in [-0.2, -0.15) is 0 Å². The highest BCUT2D eigenvalue weighted by atomic mass is 16.5.